The summed E-state index contributed by atoms with van der Waals surface area (Å²) in [5.41, 5.74) is 7.37. The minimum atomic E-state index is -1.90. The van der Waals surface area contributed by atoms with E-state index in [1.54, 1.807) is 93.8 Å². The second-order valence-electron chi connectivity index (χ2n) is 31.4. The smallest absolute Gasteiger partial charge is 0.409 e. The van der Waals surface area contributed by atoms with Crippen LogP contribution < -0.4 is 47.3 Å². The summed E-state index contributed by atoms with van der Waals surface area (Å²) in [4.78, 5) is 166. The van der Waals surface area contributed by atoms with Gasteiger partial charge in [0.15, 0.2) is 11.5 Å². The Morgan fingerprint density at radius 1 is 0.815 bits per heavy atom. The fourth-order valence-electron chi connectivity index (χ4n) is 15.3. The van der Waals surface area contributed by atoms with Crippen molar-refractivity contribution < 1.29 is 91.7 Å². The van der Waals surface area contributed by atoms with Crippen LogP contribution in [-0.2, 0) is 92.6 Å². The number of amides is 9. The summed E-state index contributed by atoms with van der Waals surface area (Å²) in [6, 6.07) is 17.6. The van der Waals surface area contributed by atoms with Crippen molar-refractivity contribution in [2.75, 3.05) is 64.9 Å². The molecule has 4 aliphatic heterocycles. The number of hydrogen-bond acceptors (Lipinski definition) is 22. The number of nitrogens with one attached hydrogen (secondary N) is 7. The molecule has 30 nitrogen and oxygen atoms in total. The largest absolute Gasteiger partial charge is 0.508 e. The zero-order valence-electron chi connectivity index (χ0n) is 69.1. The molecule has 4 aliphatic rings. The monoisotopic (exact) mass is 1700 g/mol. The molecule has 0 aliphatic carbocycles. The maximum Gasteiger partial charge on any atom is 0.409 e. The molecule has 0 spiro atoms. The normalized spacial score (nSPS) is 26.4. The number of aromatic hydroxyl groups is 1. The number of fused-ring (bicyclic) bond motifs is 6. The Morgan fingerprint density at radius 3 is 2.19 bits per heavy atom. The van der Waals surface area contributed by atoms with Crippen LogP contribution >= 0.6 is 33.2 Å². The molecule has 33 heteroatoms. The van der Waals surface area contributed by atoms with Crippen molar-refractivity contribution in [1.29, 1.82) is 0 Å². The molecule has 119 heavy (non-hydrogen) atoms. The third kappa shape index (κ3) is 25.3. The van der Waals surface area contributed by atoms with Crippen LogP contribution in [0, 0.1) is 11.8 Å². The molecule has 0 radical (unpaired) electrons. The third-order valence-corrected chi connectivity index (χ3v) is 25.4. The van der Waals surface area contributed by atoms with Gasteiger partial charge in [-0.15, -0.1) is 0 Å². The number of carbonyl (C=O) groups excluding carboxylic acids is 11. The number of allylic oxidation sites excluding steroid dienone is 3. The third-order valence-electron chi connectivity index (χ3n) is 22.6. The average molecular weight is 1710 g/mol. The van der Waals surface area contributed by atoms with E-state index in [1.165, 1.54) is 90.6 Å². The zero-order chi connectivity index (χ0) is 86.4. The van der Waals surface area contributed by atoms with Gasteiger partial charge in [-0.3, -0.25) is 48.5 Å². The van der Waals surface area contributed by atoms with Crippen LogP contribution in [0.4, 0.5) is 10.5 Å². The Balaban J connectivity index is 0.833. The number of para-hydroxylation sites is 1. The number of alkyl carbamates (subject to hydrolysis) is 1. The lowest BCUT2D eigenvalue weighted by atomic mass is 9.83. The number of unbranched alkanes of at least 4 members (excludes halogenated alkanes) is 2. The van der Waals surface area contributed by atoms with Gasteiger partial charge in [-0.25, -0.2) is 9.59 Å². The maximum absolute atomic E-state index is 15.3. The van der Waals surface area contributed by atoms with Crippen molar-refractivity contribution in [2.24, 2.45) is 17.6 Å². The number of ketones is 1. The number of epoxide rings is 1. The number of aromatic amines is 1. The van der Waals surface area contributed by atoms with E-state index in [0.29, 0.717) is 71.9 Å². The van der Waals surface area contributed by atoms with E-state index < -0.39 is 144 Å². The predicted molar refractivity (Wildman–Crippen MR) is 453 cm³/mol. The molecular formula is C86H114ClN11O19S2. The number of H-pyrrole nitrogens is 1. The van der Waals surface area contributed by atoms with E-state index in [4.69, 9.17) is 41.0 Å². The van der Waals surface area contributed by atoms with Gasteiger partial charge in [-0.2, -0.15) is 0 Å². The molecule has 3 fully saturated rings. The standard InChI is InChI=1S/C86H114ClN11O19S2/c1-50-21-20-28-71(114-10)86(112)48-69(115-84(111)95-86)51(2)77-85(5,117-77)70(33-34-73(103)97(7)66-44-56(41-50)45-68(113-9)75(66)87)116-83(110)52(3)96(6)74(104)36-40-119-118-39-35-72(102)89-38-19-17-27-65-80(107)92-63(42-55-29-31-59(100)32-30-55)79(106)91-62(46-58-49-90-61-26-15-14-25-60(58)61)67(101)47-57(24-16-18-37-88)78(105)94-76(53(4)99)81(108)93-64(82(109)98(65)8)43-54-22-12-11-13-23-54/h11-15,20-23,25-26,28-32,44-45,49,51-53,57,62-65,69-71,76-77,90,99-100,112H,16-19,24,27,33-43,46-48,88H2,1-10H3,(H,89,102)(H,91,106)(H,92,107)(H,93,108)(H,94,105)(H,95,111)/b28-20+,50-21+/t51-,52+,53-,57-,62-,63+,64+,65+,69+,70+,71-,76+,77+,85+,86+/m1/s1. The molecule has 4 bridgehead atoms. The number of aliphatic hydroxyl groups is 2. The molecule has 4 aromatic carbocycles. The Hall–Kier alpha value is -9.54. The molecule has 0 unspecified atom stereocenters. The molecule has 9 amide bonds. The molecule has 1 aromatic heterocycles. The molecule has 9 rings (SSSR count). The number of nitrogens with zero attached hydrogens (tertiary/aromatic N) is 3. The summed E-state index contributed by atoms with van der Waals surface area (Å²) in [7, 11) is 10.1. The highest BCUT2D eigenvalue weighted by atomic mass is 35.5. The first-order valence-corrected chi connectivity index (χ1v) is 43.2. The first-order valence-electron chi connectivity index (χ1n) is 40.4. The Morgan fingerprint density at radius 2 is 1.49 bits per heavy atom. The van der Waals surface area contributed by atoms with E-state index in [2.05, 4.69) is 36.9 Å². The van der Waals surface area contributed by atoms with Crippen LogP contribution in [0.3, 0.4) is 0 Å². The number of nitrogens with two attached hydrogens (primary N) is 1. The summed E-state index contributed by atoms with van der Waals surface area (Å²) in [5.74, 6) is -6.93. The van der Waals surface area contributed by atoms with Crippen LogP contribution in [-0.4, -0.2) is 233 Å². The van der Waals surface area contributed by atoms with E-state index in [0.717, 1.165) is 22.0 Å². The highest BCUT2D eigenvalue weighted by molar-refractivity contribution is 8.76. The van der Waals surface area contributed by atoms with Crippen molar-refractivity contribution in [3.8, 4) is 11.5 Å². The van der Waals surface area contributed by atoms with Crippen LogP contribution in [0.2, 0.25) is 5.02 Å². The van der Waals surface area contributed by atoms with Crippen LogP contribution in [0.5, 0.6) is 11.5 Å². The molecule has 3 saturated heterocycles. The van der Waals surface area contributed by atoms with Crippen LogP contribution in [0.25, 0.3) is 10.9 Å². The van der Waals surface area contributed by atoms with Crippen molar-refractivity contribution in [1.82, 2.24) is 46.7 Å². The number of carbonyl (C=O) groups is 11. The van der Waals surface area contributed by atoms with Crippen molar-refractivity contribution >= 4 is 115 Å². The lowest BCUT2D eigenvalue weighted by molar-refractivity contribution is -0.161. The first kappa shape index (κ1) is 93.3. The number of Topliss-reactive ketones (excluding diaryl/α,β-unsaturated/α-hetero) is 1. The number of halogens is 1. The number of anilines is 1. The van der Waals surface area contributed by atoms with Crippen LogP contribution in [0.15, 0.2) is 121 Å². The van der Waals surface area contributed by atoms with Crippen molar-refractivity contribution in [3.63, 3.8) is 0 Å². The van der Waals surface area contributed by atoms with Gasteiger partial charge in [0.1, 0.15) is 70.6 Å². The van der Waals surface area contributed by atoms with E-state index >= 15 is 14.4 Å². The highest BCUT2D eigenvalue weighted by Gasteiger charge is 2.64. The number of phenolic OH excluding ortho intramolecular Hbond substituents is 1. The second-order valence-corrected chi connectivity index (χ2v) is 34.5. The lowest BCUT2D eigenvalue weighted by Gasteiger charge is -2.42. The minimum absolute atomic E-state index is 0.0104. The van der Waals surface area contributed by atoms with Gasteiger partial charge in [0.05, 0.1) is 31.0 Å². The van der Waals surface area contributed by atoms with E-state index in [9.17, 15) is 53.7 Å². The van der Waals surface area contributed by atoms with Gasteiger partial charge in [0.2, 0.25) is 47.3 Å². The number of esters is 1. The van der Waals surface area contributed by atoms with Gasteiger partial charge in [-0.05, 0) is 132 Å². The molecule has 12 N–H and O–H groups in total. The molecule has 0 saturated carbocycles. The SMILES string of the molecule is COc1cc2cc(c1Cl)N(C)C(=O)CC[C@H](OC(=O)[C@H](C)N(C)C(=O)CCSSCCC(=O)NCCCC[C@H]1C(=O)N[C@@H](Cc3ccc(O)cc3)C(=O)N[C@H](Cc3c[nH]c4ccccc34)C(=O)C[C@@H](CCCCN)C(=O)N[C@@H]([C@@H](C)O)C(=O)N[C@@H](Cc3ccccc3)C(=O)N1C)[C@]1(C)O[C@H]1[C@H](C)[C@@H]1C[C@@](O)(NC(=O)O1)[C@H](OC)/C=C/C=C(\C)C2. The number of hydrogen-bond donors (Lipinski definition) is 11. The lowest BCUT2D eigenvalue weighted by Crippen LogP contribution is -2.63. The molecule has 5 heterocycles. The molecule has 15 atom stereocenters. The van der Waals surface area contributed by atoms with Gasteiger partial charge >= 0.3 is 12.1 Å². The maximum atomic E-state index is 15.3. The number of rotatable bonds is 28. The number of phenols is 1. The van der Waals surface area contributed by atoms with Gasteiger partial charge in [0.25, 0.3) is 0 Å². The second kappa shape index (κ2) is 43.6. The Kier molecular flexibility index (Phi) is 34.2. The van der Waals surface area contributed by atoms with Gasteiger partial charge in [-0.1, -0.05) is 131 Å². The highest BCUT2D eigenvalue weighted by Crippen LogP contribution is 2.49. The van der Waals surface area contributed by atoms with Gasteiger partial charge in [0, 0.05) is 127 Å². The van der Waals surface area contributed by atoms with E-state index in [1.807, 2.05) is 37.3 Å². The minimum Gasteiger partial charge on any atom is -0.508 e. The summed E-state index contributed by atoms with van der Waals surface area (Å²) in [5, 5.41) is 51.2. The number of likely N-dealkylation sites (N-methyl/N-ethyl adjacent to an activating group) is 2. The summed E-state index contributed by atoms with van der Waals surface area (Å²) in [6.45, 7) is 8.70. The number of aliphatic hydroxyl groups excluding tert-OH is 1. The van der Waals surface area contributed by atoms with E-state index in [-0.39, 0.29) is 106 Å². The quantitative estimate of drug-likeness (QED) is 0.0103. The van der Waals surface area contributed by atoms with Gasteiger partial charge < -0.3 is 91.0 Å². The number of aromatic nitrogens is 1. The van der Waals surface area contributed by atoms with Crippen LogP contribution in [0.1, 0.15) is 134 Å². The first-order chi connectivity index (χ1) is 56.8. The number of methoxy groups -OCH3 is 2. The number of benzene rings is 4. The Bertz CT molecular complexity index is 4460. The zero-order valence-corrected chi connectivity index (χ0v) is 71.5. The number of ether oxygens (including phenoxy) is 5. The fourth-order valence-corrected chi connectivity index (χ4v) is 17.6. The molecular weight excluding hydrogens is 1590 g/mol. The van der Waals surface area contributed by atoms with Crippen molar-refractivity contribution in [2.45, 2.75) is 215 Å². The Labute approximate surface area is 707 Å². The average Bonchev–Trinajstić information content (AvgIpc) is 1.57. The molecule has 646 valence electrons. The van der Waals surface area contributed by atoms with Crippen molar-refractivity contribution in [3.05, 3.63) is 148 Å². The predicted octanol–water partition coefficient (Wildman–Crippen LogP) is 7.13. The summed E-state index contributed by atoms with van der Waals surface area (Å²) >= 11 is 6.85. The fraction of sp³-hybridized carbons (Fsp3) is 0.523. The summed E-state index contributed by atoms with van der Waals surface area (Å²) in [6.07, 6.45) is 1.95. The topological polar surface area (TPSA) is 422 Å². The summed E-state index contributed by atoms with van der Waals surface area (Å²) < 4.78 is 29.8. The molecule has 5 aromatic rings.